The van der Waals surface area contributed by atoms with Gasteiger partial charge >= 0.3 is 0 Å². The van der Waals surface area contributed by atoms with Crippen LogP contribution in [-0.2, 0) is 21.5 Å². The topological polar surface area (TPSA) is 157 Å². The molecule has 6 rings (SSSR count). The number of rotatable bonds is 11. The summed E-state index contributed by atoms with van der Waals surface area (Å²) >= 11 is 0. The summed E-state index contributed by atoms with van der Waals surface area (Å²) in [4.78, 5) is 15.0. The van der Waals surface area contributed by atoms with Crippen LogP contribution in [0.15, 0.2) is 82.6 Å². The van der Waals surface area contributed by atoms with Crippen molar-refractivity contribution >= 4 is 40.4 Å². The van der Waals surface area contributed by atoms with E-state index in [1.54, 1.807) is 41.1 Å². The van der Waals surface area contributed by atoms with Crippen molar-refractivity contribution in [2.75, 3.05) is 10.9 Å². The molecule has 2 unspecified atom stereocenters. The third-order valence-corrected chi connectivity index (χ3v) is 12.0. The van der Waals surface area contributed by atoms with Gasteiger partial charge in [0.15, 0.2) is 17.0 Å². The van der Waals surface area contributed by atoms with E-state index in [0.717, 1.165) is 17.2 Å². The zero-order valence-electron chi connectivity index (χ0n) is 26.5. The second-order valence-corrected chi connectivity index (χ2v) is 20.3. The number of hydrogen-bond donors (Lipinski definition) is 0. The van der Waals surface area contributed by atoms with Crippen LogP contribution in [0.5, 0.6) is 0 Å². The van der Waals surface area contributed by atoms with Crippen LogP contribution in [0.1, 0.15) is 42.0 Å². The van der Waals surface area contributed by atoms with Gasteiger partial charge in [-0.15, -0.1) is 0 Å². The van der Waals surface area contributed by atoms with Gasteiger partial charge in [0, 0.05) is 26.1 Å². The van der Waals surface area contributed by atoms with Crippen molar-refractivity contribution in [3.63, 3.8) is 0 Å². The number of sulfonamides is 1. The van der Waals surface area contributed by atoms with E-state index < -0.39 is 39.6 Å². The number of nitro benzene ring substituents is 1. The van der Waals surface area contributed by atoms with Crippen LogP contribution < -0.4 is 4.31 Å². The molecule has 0 saturated heterocycles. The van der Waals surface area contributed by atoms with Gasteiger partial charge in [-0.05, 0) is 65.9 Å². The van der Waals surface area contributed by atoms with Crippen molar-refractivity contribution in [1.29, 1.82) is 5.26 Å². The molecule has 47 heavy (non-hydrogen) atoms. The molecule has 12 nitrogen and oxygen atoms in total. The van der Waals surface area contributed by atoms with E-state index in [9.17, 15) is 23.8 Å². The Morgan fingerprint density at radius 3 is 2.64 bits per heavy atom. The van der Waals surface area contributed by atoms with Crippen molar-refractivity contribution in [3.8, 4) is 17.5 Å². The van der Waals surface area contributed by atoms with Crippen LogP contribution in [0.25, 0.3) is 22.4 Å². The predicted molar refractivity (Wildman–Crippen MR) is 179 cm³/mol. The van der Waals surface area contributed by atoms with E-state index in [1.165, 1.54) is 41.2 Å². The second kappa shape index (κ2) is 12.4. The zero-order valence-corrected chi connectivity index (χ0v) is 28.3. The highest BCUT2D eigenvalue weighted by atomic mass is 32.2. The molecule has 2 aromatic heterocycles. The summed E-state index contributed by atoms with van der Waals surface area (Å²) < 4.78 is 44.0. The minimum atomic E-state index is -4.51. The molecule has 0 fully saturated rings. The highest BCUT2D eigenvalue weighted by molar-refractivity contribution is 7.93. The smallest absolute Gasteiger partial charge is 0.289 e. The van der Waals surface area contributed by atoms with Crippen LogP contribution in [0.3, 0.4) is 0 Å². The maximum Gasteiger partial charge on any atom is 0.289 e. The number of oxazole rings is 1. The largest absolute Gasteiger partial charge is 0.442 e. The van der Waals surface area contributed by atoms with Gasteiger partial charge < -0.3 is 9.15 Å². The molecule has 2 heterocycles. The van der Waals surface area contributed by atoms with Crippen molar-refractivity contribution in [2.24, 2.45) is 0 Å². The van der Waals surface area contributed by atoms with Crippen molar-refractivity contribution in [2.45, 2.75) is 62.6 Å². The van der Waals surface area contributed by atoms with Gasteiger partial charge in [-0.25, -0.2) is 18.1 Å². The van der Waals surface area contributed by atoms with Crippen LogP contribution in [0.2, 0.25) is 25.7 Å². The third-order valence-electron chi connectivity index (χ3n) is 8.43. The van der Waals surface area contributed by atoms with Gasteiger partial charge in [0.05, 0.1) is 40.0 Å². The number of fused-ring (bicyclic) bond motifs is 2. The zero-order chi connectivity index (χ0) is 33.5. The van der Waals surface area contributed by atoms with E-state index in [0.29, 0.717) is 46.6 Å². The molecule has 0 N–H and O–H groups in total. The summed E-state index contributed by atoms with van der Waals surface area (Å²) in [6.45, 7) is 9.58. The Balaban J connectivity index is 1.52. The maximum atomic E-state index is 14.7. The van der Waals surface area contributed by atoms with E-state index in [2.05, 4.69) is 30.7 Å². The number of hydrogen-bond acceptors (Lipinski definition) is 9. The fourth-order valence-corrected chi connectivity index (χ4v) is 8.60. The van der Waals surface area contributed by atoms with Gasteiger partial charge in [0.1, 0.15) is 12.4 Å². The van der Waals surface area contributed by atoms with E-state index >= 15 is 0 Å². The van der Waals surface area contributed by atoms with Crippen LogP contribution >= 0.6 is 0 Å². The summed E-state index contributed by atoms with van der Waals surface area (Å²) in [5.41, 5.74) is 3.00. The van der Waals surface area contributed by atoms with E-state index in [-0.39, 0.29) is 12.6 Å². The van der Waals surface area contributed by atoms with Gasteiger partial charge in [-0.1, -0.05) is 44.8 Å². The number of nitro groups is 1. The van der Waals surface area contributed by atoms with E-state index in [4.69, 9.17) is 14.3 Å². The summed E-state index contributed by atoms with van der Waals surface area (Å²) in [6, 6.07) is 18.2. The number of benzene rings is 3. The molecule has 2 atom stereocenters. The molecule has 0 radical (unpaired) electrons. The highest BCUT2D eigenvalue weighted by Crippen LogP contribution is 2.48. The van der Waals surface area contributed by atoms with Crippen molar-refractivity contribution in [1.82, 2.24) is 14.8 Å². The first kappa shape index (κ1) is 32.1. The van der Waals surface area contributed by atoms with Crippen LogP contribution in [0.4, 0.5) is 11.4 Å². The lowest BCUT2D eigenvalue weighted by atomic mass is 10.0. The lowest BCUT2D eigenvalue weighted by Gasteiger charge is -2.31. The monoisotopic (exact) mass is 670 g/mol. The normalized spacial score (nSPS) is 16.2. The summed E-state index contributed by atoms with van der Waals surface area (Å²) in [7, 11) is -5.82. The number of aromatic nitrogens is 3. The fraction of sp³-hybridized carbons (Fsp3) is 0.303. The molecule has 0 spiro atoms. The standard InChI is InChI=1S/C33H34N6O6SSi/c1-22-15-30(25-11-9-23(18-34)16-26(22)25)38(46(42,43)32-8-6-5-7-29(32)39(40)41)24-10-12-28-27(17-24)33(31-19-35-20-45-31)36-37(28)21-44-13-14-47(2,3)4/h5-12,16-17,19-20,22,30H,13-15,21H2,1-4H3. The first-order valence-corrected chi connectivity index (χ1v) is 20.3. The maximum absolute atomic E-state index is 14.7. The third kappa shape index (κ3) is 6.17. The van der Waals surface area contributed by atoms with Crippen molar-refractivity contribution < 1.29 is 22.5 Å². The molecule has 14 heteroatoms. The predicted octanol–water partition coefficient (Wildman–Crippen LogP) is 7.23. The Bertz CT molecular complexity index is 2120. The van der Waals surface area contributed by atoms with Gasteiger partial charge in [-0.3, -0.25) is 14.4 Å². The van der Waals surface area contributed by atoms with Gasteiger partial charge in [0.2, 0.25) is 0 Å². The number of anilines is 1. The Labute approximate surface area is 273 Å². The lowest BCUT2D eigenvalue weighted by Crippen LogP contribution is -2.34. The summed E-state index contributed by atoms with van der Waals surface area (Å²) in [5.74, 6) is 0.321. The molecule has 1 aliphatic rings. The number of nitrogens with zero attached hydrogens (tertiary/aromatic N) is 6. The van der Waals surface area contributed by atoms with Crippen LogP contribution in [0, 0.1) is 21.4 Å². The first-order valence-electron chi connectivity index (χ1n) is 15.2. The van der Waals surface area contributed by atoms with Gasteiger partial charge in [0.25, 0.3) is 15.7 Å². The Kier molecular flexibility index (Phi) is 8.47. The molecule has 242 valence electrons. The fourth-order valence-electron chi connectivity index (χ4n) is 6.05. The van der Waals surface area contributed by atoms with Crippen molar-refractivity contribution in [3.05, 3.63) is 100 Å². The number of nitriles is 1. The quantitative estimate of drug-likeness (QED) is 0.0612. The molecule has 5 aromatic rings. The SMILES string of the molecule is CC1CC(N(c2ccc3c(c2)c(-c2cnco2)nn3COCC[Si](C)(C)C)S(=O)(=O)c2ccccc2[N+](=O)[O-])c2ccc(C#N)cc21. The summed E-state index contributed by atoms with van der Waals surface area (Å²) in [5, 5.41) is 26.9. The second-order valence-electron chi connectivity index (χ2n) is 12.9. The molecule has 0 saturated carbocycles. The average molecular weight is 671 g/mol. The van der Waals surface area contributed by atoms with Gasteiger partial charge in [-0.2, -0.15) is 10.4 Å². The lowest BCUT2D eigenvalue weighted by molar-refractivity contribution is -0.387. The highest BCUT2D eigenvalue weighted by Gasteiger charge is 2.42. The Hall–Kier alpha value is -4.84. The molecular weight excluding hydrogens is 637 g/mol. The van der Waals surface area contributed by atoms with Crippen LogP contribution in [-0.4, -0.2) is 42.8 Å². The first-order chi connectivity index (χ1) is 22.4. The molecule has 0 amide bonds. The molecule has 0 bridgehead atoms. The summed E-state index contributed by atoms with van der Waals surface area (Å²) in [6.07, 6.45) is 3.24. The molecule has 1 aliphatic carbocycles. The number of ether oxygens (including phenoxy) is 1. The molecular formula is C33H34N6O6SSi. The Morgan fingerprint density at radius 1 is 1.15 bits per heavy atom. The van der Waals surface area contributed by atoms with E-state index in [1.807, 2.05) is 6.92 Å². The molecule has 0 aliphatic heterocycles. The minimum absolute atomic E-state index is 0.0729. The average Bonchev–Trinajstić information content (AvgIpc) is 3.77. The Morgan fingerprint density at radius 2 is 1.94 bits per heavy atom. The molecule has 3 aromatic carbocycles. The minimum Gasteiger partial charge on any atom is -0.442 e. The number of para-hydroxylation sites is 1.